The first kappa shape index (κ1) is 9.67. The second-order valence-corrected chi connectivity index (χ2v) is 2.73. The Morgan fingerprint density at radius 1 is 1.54 bits per heavy atom. The minimum absolute atomic E-state index is 0.104. The molecule has 0 fully saturated rings. The molecule has 1 aromatic rings. The fourth-order valence-electron chi connectivity index (χ4n) is 0.752. The molecule has 0 atom stereocenters. The molecule has 0 radical (unpaired) electrons. The molecule has 0 amide bonds. The highest BCUT2D eigenvalue weighted by Gasteiger charge is 2.04. The third-order valence-corrected chi connectivity index (χ3v) is 1.51. The predicted octanol–water partition coefficient (Wildman–Crippen LogP) is 1.51. The van der Waals surface area contributed by atoms with Crippen LogP contribution in [0, 0.1) is 0 Å². The number of phenols is 1. The van der Waals surface area contributed by atoms with Crippen LogP contribution in [0.15, 0.2) is 18.2 Å². The van der Waals surface area contributed by atoms with E-state index in [1.165, 1.54) is 18.2 Å². The molecule has 70 valence electrons. The topological polar surface area (TPSA) is 66.8 Å². The highest BCUT2D eigenvalue weighted by atomic mass is 35.5. The summed E-state index contributed by atoms with van der Waals surface area (Å²) >= 11 is 5.55. The van der Waals surface area contributed by atoms with Crippen LogP contribution in [0.5, 0.6) is 11.5 Å². The molecule has 0 aliphatic rings. The fraction of sp³-hybridized carbons (Fsp3) is 0.125. The number of aliphatic carboxylic acids is 1. The van der Waals surface area contributed by atoms with Gasteiger partial charge in [0.15, 0.2) is 18.1 Å². The van der Waals surface area contributed by atoms with Crippen molar-refractivity contribution in [2.75, 3.05) is 6.61 Å². The first-order valence-corrected chi connectivity index (χ1v) is 3.80. The molecule has 0 bridgehead atoms. The molecule has 4 nitrogen and oxygen atoms in total. The van der Waals surface area contributed by atoms with Gasteiger partial charge in [-0.3, -0.25) is 0 Å². The second-order valence-electron chi connectivity index (χ2n) is 2.29. The summed E-state index contributed by atoms with van der Waals surface area (Å²) in [5, 5.41) is 17.9. The van der Waals surface area contributed by atoms with Gasteiger partial charge in [-0.25, -0.2) is 4.79 Å². The highest BCUT2D eigenvalue weighted by molar-refractivity contribution is 6.30. The highest BCUT2D eigenvalue weighted by Crippen LogP contribution is 2.28. The first-order valence-electron chi connectivity index (χ1n) is 3.42. The lowest BCUT2D eigenvalue weighted by molar-refractivity contribution is -0.139. The molecule has 0 aromatic heterocycles. The molecule has 2 N–H and O–H groups in total. The van der Waals surface area contributed by atoms with Crippen LogP contribution < -0.4 is 4.74 Å². The van der Waals surface area contributed by atoms with E-state index in [4.69, 9.17) is 21.4 Å². The number of benzene rings is 1. The number of phenolic OH excluding ortho intramolecular Hbond substituents is 1. The third kappa shape index (κ3) is 2.83. The normalized spacial score (nSPS) is 9.62. The van der Waals surface area contributed by atoms with E-state index in [-0.39, 0.29) is 11.5 Å². The summed E-state index contributed by atoms with van der Waals surface area (Å²) in [6, 6.07) is 4.18. The second kappa shape index (κ2) is 4.00. The van der Waals surface area contributed by atoms with Crippen molar-refractivity contribution in [1.29, 1.82) is 0 Å². The van der Waals surface area contributed by atoms with Gasteiger partial charge in [0.25, 0.3) is 0 Å². The van der Waals surface area contributed by atoms with Gasteiger partial charge >= 0.3 is 5.97 Å². The largest absolute Gasteiger partial charge is 0.504 e. The SMILES string of the molecule is O=C(O)COc1ccc(Cl)cc1O. The van der Waals surface area contributed by atoms with Crippen molar-refractivity contribution in [1.82, 2.24) is 0 Å². The van der Waals surface area contributed by atoms with E-state index in [9.17, 15) is 9.90 Å². The van der Waals surface area contributed by atoms with E-state index in [0.717, 1.165) is 0 Å². The Morgan fingerprint density at radius 2 is 2.23 bits per heavy atom. The molecule has 0 saturated carbocycles. The Kier molecular flexibility index (Phi) is 2.97. The van der Waals surface area contributed by atoms with Crippen molar-refractivity contribution in [3.8, 4) is 11.5 Å². The maximum atomic E-state index is 10.1. The number of rotatable bonds is 3. The Hall–Kier alpha value is -1.42. The lowest BCUT2D eigenvalue weighted by Gasteiger charge is -2.04. The zero-order chi connectivity index (χ0) is 9.84. The van der Waals surface area contributed by atoms with Crippen molar-refractivity contribution in [2.24, 2.45) is 0 Å². The van der Waals surface area contributed by atoms with Gasteiger partial charge in [-0.2, -0.15) is 0 Å². The van der Waals surface area contributed by atoms with Gasteiger partial charge in [0.05, 0.1) is 0 Å². The van der Waals surface area contributed by atoms with E-state index in [2.05, 4.69) is 0 Å². The van der Waals surface area contributed by atoms with Gasteiger partial charge in [0.2, 0.25) is 0 Å². The van der Waals surface area contributed by atoms with Crippen LogP contribution in [-0.2, 0) is 4.79 Å². The van der Waals surface area contributed by atoms with Crippen LogP contribution in [-0.4, -0.2) is 22.8 Å². The average molecular weight is 203 g/mol. The number of carboxylic acids is 1. The summed E-state index contributed by atoms with van der Waals surface area (Å²) in [5.41, 5.74) is 0. The minimum atomic E-state index is -1.10. The Bertz CT molecular complexity index is 324. The molecule has 0 heterocycles. The molecule has 0 saturated heterocycles. The fourth-order valence-corrected chi connectivity index (χ4v) is 0.918. The van der Waals surface area contributed by atoms with Crippen molar-refractivity contribution < 1.29 is 19.7 Å². The number of carbonyl (C=O) groups is 1. The van der Waals surface area contributed by atoms with Crippen molar-refractivity contribution in [3.63, 3.8) is 0 Å². The van der Waals surface area contributed by atoms with Gasteiger partial charge in [-0.1, -0.05) is 11.6 Å². The van der Waals surface area contributed by atoms with E-state index < -0.39 is 12.6 Å². The number of hydrogen-bond acceptors (Lipinski definition) is 3. The van der Waals surface area contributed by atoms with E-state index in [1.807, 2.05) is 0 Å². The molecule has 0 aliphatic carbocycles. The summed E-state index contributed by atoms with van der Waals surface area (Å²) < 4.78 is 4.75. The summed E-state index contributed by atoms with van der Waals surface area (Å²) in [6.07, 6.45) is 0. The smallest absolute Gasteiger partial charge is 0.341 e. The maximum Gasteiger partial charge on any atom is 0.341 e. The number of halogens is 1. The van der Waals surface area contributed by atoms with E-state index in [1.54, 1.807) is 0 Å². The zero-order valence-electron chi connectivity index (χ0n) is 6.53. The average Bonchev–Trinajstić information content (AvgIpc) is 2.02. The lowest BCUT2D eigenvalue weighted by atomic mass is 10.3. The van der Waals surface area contributed by atoms with Gasteiger partial charge in [0.1, 0.15) is 0 Å². The molecule has 5 heteroatoms. The molecule has 13 heavy (non-hydrogen) atoms. The monoisotopic (exact) mass is 202 g/mol. The van der Waals surface area contributed by atoms with Gasteiger partial charge < -0.3 is 14.9 Å². The molecule has 0 aliphatic heterocycles. The van der Waals surface area contributed by atoms with Gasteiger partial charge in [0, 0.05) is 11.1 Å². The van der Waals surface area contributed by atoms with Crippen LogP contribution in [0.25, 0.3) is 0 Å². The molecule has 0 unspecified atom stereocenters. The quantitative estimate of drug-likeness (QED) is 0.780. The summed E-state index contributed by atoms with van der Waals surface area (Å²) in [7, 11) is 0. The van der Waals surface area contributed by atoms with E-state index >= 15 is 0 Å². The molecular weight excluding hydrogens is 196 g/mol. The third-order valence-electron chi connectivity index (χ3n) is 1.27. The van der Waals surface area contributed by atoms with E-state index in [0.29, 0.717) is 5.02 Å². The van der Waals surface area contributed by atoms with Crippen molar-refractivity contribution in [2.45, 2.75) is 0 Å². The van der Waals surface area contributed by atoms with Crippen LogP contribution in [0.3, 0.4) is 0 Å². The van der Waals surface area contributed by atoms with Crippen molar-refractivity contribution in [3.05, 3.63) is 23.2 Å². The predicted molar refractivity (Wildman–Crippen MR) is 46.2 cm³/mol. The van der Waals surface area contributed by atoms with Crippen LogP contribution in [0.2, 0.25) is 5.02 Å². The zero-order valence-corrected chi connectivity index (χ0v) is 7.28. The first-order chi connectivity index (χ1) is 6.09. The lowest BCUT2D eigenvalue weighted by Crippen LogP contribution is -2.09. The molecular formula is C8H7ClO4. The molecule has 0 spiro atoms. The standard InChI is InChI=1S/C8H7ClO4/c9-5-1-2-7(6(10)3-5)13-4-8(11)12/h1-3,10H,4H2,(H,11,12). The number of hydrogen-bond donors (Lipinski definition) is 2. The van der Waals surface area contributed by atoms with Gasteiger partial charge in [-0.05, 0) is 12.1 Å². The van der Waals surface area contributed by atoms with Crippen LogP contribution in [0.4, 0.5) is 0 Å². The Balaban J connectivity index is 2.72. The summed E-state index contributed by atoms with van der Waals surface area (Å²) in [5.74, 6) is -1.17. The number of aromatic hydroxyl groups is 1. The number of carboxylic acid groups (broad SMARTS) is 1. The van der Waals surface area contributed by atoms with Crippen molar-refractivity contribution >= 4 is 17.6 Å². The maximum absolute atomic E-state index is 10.1. The minimum Gasteiger partial charge on any atom is -0.504 e. The summed E-state index contributed by atoms with van der Waals surface area (Å²) in [6.45, 7) is -0.491. The van der Waals surface area contributed by atoms with Crippen LogP contribution in [0.1, 0.15) is 0 Å². The van der Waals surface area contributed by atoms with Crippen LogP contribution >= 0.6 is 11.6 Å². The molecule has 1 aromatic carbocycles. The Morgan fingerprint density at radius 3 is 2.77 bits per heavy atom. The van der Waals surface area contributed by atoms with Gasteiger partial charge in [-0.15, -0.1) is 0 Å². The molecule has 1 rings (SSSR count). The summed E-state index contributed by atoms with van der Waals surface area (Å²) in [4.78, 5) is 10.1. The Labute approximate surface area is 79.3 Å². The number of ether oxygens (including phenoxy) is 1.